The molecule has 1 saturated heterocycles. The van der Waals surface area contributed by atoms with Crippen LogP contribution < -0.4 is 10.1 Å². The fourth-order valence-corrected chi connectivity index (χ4v) is 5.25. The van der Waals surface area contributed by atoms with Gasteiger partial charge in [-0.1, -0.05) is 19.1 Å². The van der Waals surface area contributed by atoms with Gasteiger partial charge in [0.05, 0.1) is 17.4 Å². The zero-order valence-corrected chi connectivity index (χ0v) is 27.5. The Balaban J connectivity index is 1.54. The van der Waals surface area contributed by atoms with Gasteiger partial charge in [-0.05, 0) is 81.3 Å². The van der Waals surface area contributed by atoms with Gasteiger partial charge in [0.15, 0.2) is 6.23 Å². The molecule has 0 radical (unpaired) electrons. The molecule has 1 atom stereocenters. The highest BCUT2D eigenvalue weighted by Crippen LogP contribution is 2.34. The zero-order valence-electron chi connectivity index (χ0n) is 27.5. The summed E-state index contributed by atoms with van der Waals surface area (Å²) in [7, 11) is -0.236. The van der Waals surface area contributed by atoms with Crippen molar-refractivity contribution in [1.29, 1.82) is 0 Å². The highest BCUT2D eigenvalue weighted by Gasteiger charge is 2.25. The molecule has 0 aliphatic carbocycles. The zero-order chi connectivity index (χ0) is 34.1. The van der Waals surface area contributed by atoms with E-state index in [0.717, 1.165) is 19.3 Å². The molecule has 47 heavy (non-hydrogen) atoms. The van der Waals surface area contributed by atoms with E-state index in [9.17, 15) is 19.6 Å². The van der Waals surface area contributed by atoms with E-state index in [1.165, 1.54) is 18.0 Å². The second-order valence-corrected chi connectivity index (χ2v) is 12.1. The first-order chi connectivity index (χ1) is 22.4. The lowest BCUT2D eigenvalue weighted by Crippen LogP contribution is -2.39. The number of likely N-dealkylation sites (N-methyl/N-ethyl adjacent to an activating group) is 1. The Kier molecular flexibility index (Phi) is 12.1. The number of nitrogens with one attached hydrogen (secondary N) is 1. The van der Waals surface area contributed by atoms with Crippen molar-refractivity contribution in [3.63, 3.8) is 0 Å². The Morgan fingerprint density at radius 1 is 1.21 bits per heavy atom. The summed E-state index contributed by atoms with van der Waals surface area (Å²) in [6.45, 7) is 8.07. The van der Waals surface area contributed by atoms with Crippen molar-refractivity contribution in [3.05, 3.63) is 71.2 Å². The predicted molar refractivity (Wildman–Crippen MR) is 176 cm³/mol. The van der Waals surface area contributed by atoms with Gasteiger partial charge in [-0.25, -0.2) is 14.5 Å². The summed E-state index contributed by atoms with van der Waals surface area (Å²) in [5.74, 6) is -0.655. The molecule has 1 aliphatic heterocycles. The van der Waals surface area contributed by atoms with Crippen LogP contribution in [0, 0.1) is 5.95 Å². The monoisotopic (exact) mass is 651 g/mol. The lowest BCUT2D eigenvalue weighted by Gasteiger charge is -2.26. The maximum Gasteiger partial charge on any atom is 0.484 e. The van der Waals surface area contributed by atoms with E-state index in [2.05, 4.69) is 15.4 Å². The molecule has 3 heterocycles. The summed E-state index contributed by atoms with van der Waals surface area (Å²) >= 11 is 0. The summed E-state index contributed by atoms with van der Waals surface area (Å²) in [6, 6.07) is 8.57. The van der Waals surface area contributed by atoms with Crippen LogP contribution in [0.15, 0.2) is 54.2 Å². The molecule has 0 saturated carbocycles. The van der Waals surface area contributed by atoms with E-state index < -0.39 is 24.8 Å². The molecule has 252 valence electrons. The number of carbonyl (C=O) groups excluding carboxylic acids is 2. The molecular formula is C33H43BFN5O7. The maximum atomic E-state index is 15.1. The Labute approximate surface area is 274 Å². The third-order valence-electron chi connectivity index (χ3n) is 7.52. The summed E-state index contributed by atoms with van der Waals surface area (Å²) in [5, 5.41) is 27.4. The minimum absolute atomic E-state index is 0.0856. The molecule has 1 unspecified atom stereocenters. The number of rotatable bonds is 12. The quantitative estimate of drug-likeness (QED) is 0.191. The maximum absolute atomic E-state index is 15.1. The molecular weight excluding hydrogens is 608 g/mol. The normalized spacial score (nSPS) is 15.8. The number of fused-ring (bicyclic) bond motifs is 1. The number of amides is 2. The van der Waals surface area contributed by atoms with E-state index in [1.807, 2.05) is 0 Å². The van der Waals surface area contributed by atoms with E-state index in [-0.39, 0.29) is 37.7 Å². The van der Waals surface area contributed by atoms with Crippen molar-refractivity contribution in [1.82, 2.24) is 25.0 Å². The second kappa shape index (κ2) is 16.0. The number of ether oxygens (including phenoxy) is 3. The number of hydrogen-bond donors (Lipinski definition) is 3. The van der Waals surface area contributed by atoms with Crippen LogP contribution in [-0.4, -0.2) is 87.8 Å². The van der Waals surface area contributed by atoms with Crippen LogP contribution in [0.1, 0.15) is 70.7 Å². The third-order valence-corrected chi connectivity index (χ3v) is 7.52. The van der Waals surface area contributed by atoms with Gasteiger partial charge in [0.25, 0.3) is 0 Å². The van der Waals surface area contributed by atoms with Crippen molar-refractivity contribution in [2.75, 3.05) is 33.4 Å². The van der Waals surface area contributed by atoms with Gasteiger partial charge in [-0.2, -0.15) is 4.39 Å². The van der Waals surface area contributed by atoms with E-state index >= 15 is 4.39 Å². The van der Waals surface area contributed by atoms with Crippen molar-refractivity contribution in [3.8, 4) is 5.88 Å². The van der Waals surface area contributed by atoms with Gasteiger partial charge in [-0.3, -0.25) is 4.79 Å². The van der Waals surface area contributed by atoms with Crippen molar-refractivity contribution < 1.29 is 38.2 Å². The second-order valence-electron chi connectivity index (χ2n) is 12.1. The lowest BCUT2D eigenvalue weighted by molar-refractivity contribution is -0.116. The minimum Gasteiger partial charge on any atom is -0.476 e. The smallest absolute Gasteiger partial charge is 0.476 e. The van der Waals surface area contributed by atoms with Crippen LogP contribution in [0.4, 0.5) is 9.18 Å². The van der Waals surface area contributed by atoms with Gasteiger partial charge in [0.2, 0.25) is 17.7 Å². The van der Waals surface area contributed by atoms with Crippen LogP contribution in [0.3, 0.4) is 0 Å². The number of hydrogen-bond acceptors (Lipinski definition) is 9. The van der Waals surface area contributed by atoms with Crippen molar-refractivity contribution >= 4 is 35.6 Å². The molecule has 1 aliphatic rings. The summed E-state index contributed by atoms with van der Waals surface area (Å²) in [6.07, 6.45) is 6.53. The molecule has 14 heteroatoms. The number of aromatic nitrogens is 3. The van der Waals surface area contributed by atoms with Crippen molar-refractivity contribution in [2.24, 2.45) is 0 Å². The summed E-state index contributed by atoms with van der Waals surface area (Å²) < 4.78 is 33.9. The van der Waals surface area contributed by atoms with Crippen LogP contribution in [0.5, 0.6) is 5.88 Å². The Morgan fingerprint density at radius 2 is 1.98 bits per heavy atom. The largest absolute Gasteiger partial charge is 0.484 e. The number of allylic oxidation sites excluding steroid dienone is 1. The van der Waals surface area contributed by atoms with Crippen LogP contribution in [0.25, 0.3) is 16.5 Å². The highest BCUT2D eigenvalue weighted by molar-refractivity contribution is 6.52. The third kappa shape index (κ3) is 9.40. The lowest BCUT2D eigenvalue weighted by atomic mass is 9.72. The number of halogens is 1. The summed E-state index contributed by atoms with van der Waals surface area (Å²) in [4.78, 5) is 30.1. The standard InChI is InChI=1S/C33H43BFN5O7/c1-6-25(34(43)44)30(22-12-14-26-24(20-22)31(35)38-40(26)29-11-7-8-18-46-29)23-13-15-28(37-21-23)45-19-17-39(16-9-10-27(41)36-5)32(42)47-33(2,3)4/h9-10,12-15,20-21,29,43-44H,6-8,11,16-19H2,1-5H3,(H,36,41)/b10-9+,30-25-. The molecule has 3 N–H and O–H groups in total. The average Bonchev–Trinajstić information content (AvgIpc) is 3.37. The molecule has 2 aromatic heterocycles. The number of nitrogens with zero attached hydrogens (tertiary/aromatic N) is 4. The molecule has 0 bridgehead atoms. The minimum atomic E-state index is -1.75. The van der Waals surface area contributed by atoms with Crippen LogP contribution in [0.2, 0.25) is 0 Å². The fraction of sp³-hybridized carbons (Fsp3) is 0.455. The molecule has 4 rings (SSSR count). The van der Waals surface area contributed by atoms with Gasteiger partial charge in [0, 0.05) is 44.1 Å². The molecule has 0 spiro atoms. The number of benzene rings is 1. The molecule has 1 aromatic carbocycles. The molecule has 1 fully saturated rings. The van der Waals surface area contributed by atoms with Crippen molar-refractivity contribution in [2.45, 2.75) is 65.2 Å². The first-order valence-corrected chi connectivity index (χ1v) is 15.8. The Hall–Kier alpha value is -4.27. The summed E-state index contributed by atoms with van der Waals surface area (Å²) in [5.41, 5.74) is 1.86. The molecule has 12 nitrogen and oxygen atoms in total. The molecule has 2 amide bonds. The van der Waals surface area contributed by atoms with Gasteiger partial charge < -0.3 is 34.5 Å². The Bertz CT molecular complexity index is 1600. The van der Waals surface area contributed by atoms with Gasteiger partial charge in [0.1, 0.15) is 12.2 Å². The Morgan fingerprint density at radius 3 is 2.60 bits per heavy atom. The topological polar surface area (TPSA) is 148 Å². The average molecular weight is 652 g/mol. The first-order valence-electron chi connectivity index (χ1n) is 15.8. The van der Waals surface area contributed by atoms with E-state index in [4.69, 9.17) is 14.2 Å². The van der Waals surface area contributed by atoms with Crippen LogP contribution in [-0.2, 0) is 14.3 Å². The number of pyridine rings is 1. The van der Waals surface area contributed by atoms with Crippen LogP contribution >= 0.6 is 0 Å². The van der Waals surface area contributed by atoms with E-state index in [0.29, 0.717) is 46.1 Å². The van der Waals surface area contributed by atoms with E-state index in [1.54, 1.807) is 75.0 Å². The SMILES string of the molecule is CC/C(B(O)O)=C(/c1ccc(OCCN(C/C=C/C(=O)NC)C(=O)OC(C)(C)C)nc1)c1ccc2c(c1)c(F)nn2C1CCCCO1. The predicted octanol–water partition coefficient (Wildman–Crippen LogP) is 4.41. The fourth-order valence-electron chi connectivity index (χ4n) is 5.25. The van der Waals surface area contributed by atoms with Gasteiger partial charge in [-0.15, -0.1) is 5.10 Å². The first kappa shape index (κ1) is 35.6. The highest BCUT2D eigenvalue weighted by atomic mass is 19.1. The number of carbonyl (C=O) groups is 2. The van der Waals surface area contributed by atoms with Gasteiger partial charge >= 0.3 is 13.2 Å². The molecule has 3 aromatic rings.